The van der Waals surface area contributed by atoms with Crippen LogP contribution in [0, 0.1) is 17.2 Å². The summed E-state index contributed by atoms with van der Waals surface area (Å²) < 4.78 is 24.8. The van der Waals surface area contributed by atoms with Gasteiger partial charge in [0, 0.05) is 12.6 Å². The van der Waals surface area contributed by atoms with Crippen molar-refractivity contribution in [2.45, 2.75) is 25.8 Å². The molecule has 1 saturated heterocycles. The predicted octanol–water partition coefficient (Wildman–Crippen LogP) is 2.27. The molecule has 1 aromatic rings. The van der Waals surface area contributed by atoms with Gasteiger partial charge < -0.3 is 19.9 Å². The molecular weight excluding hydrogens is 285 g/mol. The summed E-state index contributed by atoms with van der Waals surface area (Å²) in [5.74, 6) is 0.636. The number of rotatable bonds is 8. The molecule has 2 N–H and O–H groups in total. The summed E-state index contributed by atoms with van der Waals surface area (Å²) in [5, 5.41) is 12.8. The van der Waals surface area contributed by atoms with Crippen LogP contribution in [0.3, 0.4) is 0 Å². The largest absolute Gasteiger partial charge is 0.490 e. The zero-order chi connectivity index (χ0) is 15.6. The van der Waals surface area contributed by atoms with Crippen LogP contribution in [-0.4, -0.2) is 38.1 Å². The molecule has 0 spiro atoms. The van der Waals surface area contributed by atoms with E-state index in [1.165, 1.54) is 18.9 Å². The number of nitrogens with one attached hydrogen (secondary N) is 1. The third kappa shape index (κ3) is 3.59. The van der Waals surface area contributed by atoms with Crippen molar-refractivity contribution in [3.05, 3.63) is 29.6 Å². The van der Waals surface area contributed by atoms with Gasteiger partial charge in [-0.3, -0.25) is 0 Å². The van der Waals surface area contributed by atoms with Crippen molar-refractivity contribution in [1.29, 1.82) is 0 Å². The monoisotopic (exact) mass is 309 g/mol. The van der Waals surface area contributed by atoms with Gasteiger partial charge in [0.25, 0.3) is 0 Å². The second-order valence-electron chi connectivity index (χ2n) is 6.70. The molecule has 122 valence electrons. The molecule has 1 aromatic carbocycles. The van der Waals surface area contributed by atoms with E-state index in [2.05, 4.69) is 5.32 Å². The SMILES string of the molecule is CC(NCC1(CO)COC1)c1ccc(OCC2CC2)c(F)c1. The maximum absolute atomic E-state index is 14.1. The van der Waals surface area contributed by atoms with Crippen LogP contribution >= 0.6 is 0 Å². The van der Waals surface area contributed by atoms with Crippen molar-refractivity contribution in [2.24, 2.45) is 11.3 Å². The number of hydrogen-bond acceptors (Lipinski definition) is 4. The Morgan fingerprint density at radius 3 is 2.77 bits per heavy atom. The zero-order valence-corrected chi connectivity index (χ0v) is 13.0. The standard InChI is InChI=1S/C17H24FNO3/c1-12(19-8-17(9-20)10-21-11-17)14-4-5-16(15(18)6-14)22-7-13-2-3-13/h4-6,12-13,19-20H,2-3,7-11H2,1H3. The highest BCUT2D eigenvalue weighted by molar-refractivity contribution is 5.31. The van der Waals surface area contributed by atoms with E-state index in [-0.39, 0.29) is 23.9 Å². The van der Waals surface area contributed by atoms with E-state index in [4.69, 9.17) is 9.47 Å². The van der Waals surface area contributed by atoms with Gasteiger partial charge in [-0.1, -0.05) is 6.07 Å². The third-order valence-electron chi connectivity index (χ3n) is 4.56. The summed E-state index contributed by atoms with van der Waals surface area (Å²) in [6, 6.07) is 5.14. The van der Waals surface area contributed by atoms with Crippen molar-refractivity contribution >= 4 is 0 Å². The molecule has 2 aliphatic rings. The molecule has 1 unspecified atom stereocenters. The molecule has 1 saturated carbocycles. The Labute approximate surface area is 130 Å². The summed E-state index contributed by atoms with van der Waals surface area (Å²) in [5.41, 5.74) is 0.699. The van der Waals surface area contributed by atoms with Gasteiger partial charge in [0.2, 0.25) is 0 Å². The Morgan fingerprint density at radius 1 is 1.45 bits per heavy atom. The lowest BCUT2D eigenvalue weighted by atomic mass is 9.86. The molecular formula is C17H24FNO3. The highest BCUT2D eigenvalue weighted by Crippen LogP contribution is 2.31. The van der Waals surface area contributed by atoms with Gasteiger partial charge in [-0.15, -0.1) is 0 Å². The Morgan fingerprint density at radius 2 is 2.23 bits per heavy atom. The minimum Gasteiger partial charge on any atom is -0.490 e. The van der Waals surface area contributed by atoms with Gasteiger partial charge in [0.05, 0.1) is 31.8 Å². The van der Waals surface area contributed by atoms with Crippen molar-refractivity contribution < 1.29 is 19.0 Å². The van der Waals surface area contributed by atoms with Crippen molar-refractivity contribution in [3.8, 4) is 5.75 Å². The summed E-state index contributed by atoms with van der Waals surface area (Å²) >= 11 is 0. The van der Waals surface area contributed by atoms with E-state index in [0.29, 0.717) is 38.0 Å². The molecule has 1 aliphatic heterocycles. The van der Waals surface area contributed by atoms with Crippen molar-refractivity contribution in [2.75, 3.05) is 33.0 Å². The number of benzene rings is 1. The second kappa shape index (κ2) is 6.52. The molecule has 1 aliphatic carbocycles. The fourth-order valence-electron chi connectivity index (χ4n) is 2.52. The van der Waals surface area contributed by atoms with Crippen LogP contribution in [0.25, 0.3) is 0 Å². The lowest BCUT2D eigenvalue weighted by Gasteiger charge is -2.40. The van der Waals surface area contributed by atoms with Gasteiger partial charge in [0.15, 0.2) is 11.6 Å². The summed E-state index contributed by atoms with van der Waals surface area (Å²) in [7, 11) is 0. The molecule has 4 nitrogen and oxygen atoms in total. The van der Waals surface area contributed by atoms with Crippen LogP contribution in [0.2, 0.25) is 0 Å². The number of aliphatic hydroxyl groups excluding tert-OH is 1. The molecule has 0 aromatic heterocycles. The first-order valence-electron chi connectivity index (χ1n) is 7.96. The average molecular weight is 309 g/mol. The van der Waals surface area contributed by atoms with E-state index in [9.17, 15) is 9.50 Å². The molecule has 5 heteroatoms. The minimum atomic E-state index is -0.310. The number of aliphatic hydroxyl groups is 1. The molecule has 22 heavy (non-hydrogen) atoms. The molecule has 1 heterocycles. The van der Waals surface area contributed by atoms with Crippen LogP contribution in [-0.2, 0) is 4.74 Å². The molecule has 0 amide bonds. The first-order chi connectivity index (χ1) is 10.6. The minimum absolute atomic E-state index is 0.0102. The van der Waals surface area contributed by atoms with Gasteiger partial charge >= 0.3 is 0 Å². The van der Waals surface area contributed by atoms with E-state index in [1.807, 2.05) is 13.0 Å². The molecule has 1 atom stereocenters. The Bertz CT molecular complexity index is 509. The zero-order valence-electron chi connectivity index (χ0n) is 13.0. The predicted molar refractivity (Wildman–Crippen MR) is 81.4 cm³/mol. The number of ether oxygens (including phenoxy) is 2. The van der Waals surface area contributed by atoms with E-state index >= 15 is 0 Å². The number of halogens is 1. The fraction of sp³-hybridized carbons (Fsp3) is 0.647. The highest BCUT2D eigenvalue weighted by Gasteiger charge is 2.38. The topological polar surface area (TPSA) is 50.7 Å². The fourth-order valence-corrected chi connectivity index (χ4v) is 2.52. The molecule has 2 fully saturated rings. The Hall–Kier alpha value is -1.17. The highest BCUT2D eigenvalue weighted by atomic mass is 19.1. The summed E-state index contributed by atoms with van der Waals surface area (Å²) in [6.07, 6.45) is 2.38. The third-order valence-corrected chi connectivity index (χ3v) is 4.56. The van der Waals surface area contributed by atoms with E-state index < -0.39 is 0 Å². The van der Waals surface area contributed by atoms with Gasteiger partial charge in [-0.25, -0.2) is 4.39 Å². The average Bonchev–Trinajstić information content (AvgIpc) is 3.29. The molecule has 3 rings (SSSR count). The van der Waals surface area contributed by atoms with Crippen LogP contribution in [0.1, 0.15) is 31.4 Å². The first kappa shape index (κ1) is 15.7. The van der Waals surface area contributed by atoms with Crippen molar-refractivity contribution in [1.82, 2.24) is 5.32 Å². The van der Waals surface area contributed by atoms with Crippen molar-refractivity contribution in [3.63, 3.8) is 0 Å². The normalized spacial score (nSPS) is 21.2. The second-order valence-corrected chi connectivity index (χ2v) is 6.70. The quantitative estimate of drug-likeness (QED) is 0.773. The maximum Gasteiger partial charge on any atom is 0.165 e. The first-order valence-corrected chi connectivity index (χ1v) is 7.96. The molecule has 0 radical (unpaired) electrons. The summed E-state index contributed by atoms with van der Waals surface area (Å²) in [4.78, 5) is 0. The van der Waals surface area contributed by atoms with Crippen LogP contribution in [0.4, 0.5) is 4.39 Å². The Balaban J connectivity index is 1.55. The van der Waals surface area contributed by atoms with E-state index in [1.54, 1.807) is 6.07 Å². The van der Waals surface area contributed by atoms with Gasteiger partial charge in [-0.2, -0.15) is 0 Å². The van der Waals surface area contributed by atoms with Crippen LogP contribution in [0.5, 0.6) is 5.75 Å². The lowest BCUT2D eigenvalue weighted by Crippen LogP contribution is -2.52. The smallest absolute Gasteiger partial charge is 0.165 e. The maximum atomic E-state index is 14.1. The summed E-state index contributed by atoms with van der Waals surface area (Å²) in [6.45, 7) is 4.52. The van der Waals surface area contributed by atoms with Gasteiger partial charge in [-0.05, 0) is 43.4 Å². The Kier molecular flexibility index (Phi) is 4.66. The number of hydrogen-bond donors (Lipinski definition) is 2. The van der Waals surface area contributed by atoms with Crippen LogP contribution in [0.15, 0.2) is 18.2 Å². The van der Waals surface area contributed by atoms with Gasteiger partial charge in [0.1, 0.15) is 0 Å². The van der Waals surface area contributed by atoms with Crippen LogP contribution < -0.4 is 10.1 Å². The lowest BCUT2D eigenvalue weighted by molar-refractivity contribution is -0.135. The van der Waals surface area contributed by atoms with E-state index in [0.717, 1.165) is 5.56 Å². The molecule has 0 bridgehead atoms.